The first-order valence-corrected chi connectivity index (χ1v) is 6.28. The molecule has 0 aromatic carbocycles. The number of hydrogen-bond donors (Lipinski definition) is 1. The van der Waals surface area contributed by atoms with Crippen LogP contribution in [0, 0.1) is 5.92 Å². The molecular formula is C13H30N2. The molecule has 2 nitrogen and oxygen atoms in total. The van der Waals surface area contributed by atoms with Crippen molar-refractivity contribution in [2.75, 3.05) is 20.6 Å². The van der Waals surface area contributed by atoms with E-state index in [1.54, 1.807) is 0 Å². The van der Waals surface area contributed by atoms with Crippen LogP contribution in [0.4, 0.5) is 0 Å². The van der Waals surface area contributed by atoms with Crippen LogP contribution in [0.1, 0.15) is 47.5 Å². The Morgan fingerprint density at radius 1 is 1.20 bits per heavy atom. The molecule has 0 aliphatic carbocycles. The van der Waals surface area contributed by atoms with Gasteiger partial charge in [0.1, 0.15) is 0 Å². The predicted octanol–water partition coefficient (Wildman–Crippen LogP) is 2.74. The first kappa shape index (κ1) is 14.9. The fourth-order valence-corrected chi connectivity index (χ4v) is 2.27. The van der Waals surface area contributed by atoms with Gasteiger partial charge in [0, 0.05) is 11.6 Å². The highest BCUT2D eigenvalue weighted by atomic mass is 15.2. The van der Waals surface area contributed by atoms with Crippen molar-refractivity contribution in [3.8, 4) is 0 Å². The van der Waals surface area contributed by atoms with Crippen LogP contribution in [0.25, 0.3) is 0 Å². The minimum atomic E-state index is 0.213. The lowest BCUT2D eigenvalue weighted by Gasteiger charge is -2.43. The second-order valence-corrected chi connectivity index (χ2v) is 5.35. The van der Waals surface area contributed by atoms with Crippen LogP contribution in [0.2, 0.25) is 0 Å². The molecule has 0 aliphatic heterocycles. The minimum absolute atomic E-state index is 0.213. The van der Waals surface area contributed by atoms with Crippen molar-refractivity contribution in [2.45, 2.75) is 59.0 Å². The summed E-state index contributed by atoms with van der Waals surface area (Å²) in [6, 6.07) is 0.567. The number of nitrogens with one attached hydrogen (secondary N) is 1. The number of nitrogens with zero attached hydrogens (tertiary/aromatic N) is 1. The molecule has 92 valence electrons. The third-order valence-corrected chi connectivity index (χ3v) is 3.65. The zero-order chi connectivity index (χ0) is 12.1. The summed E-state index contributed by atoms with van der Waals surface area (Å²) < 4.78 is 0. The molecule has 2 unspecified atom stereocenters. The highest BCUT2D eigenvalue weighted by Gasteiger charge is 2.34. The molecule has 1 N–H and O–H groups in total. The summed E-state index contributed by atoms with van der Waals surface area (Å²) >= 11 is 0. The van der Waals surface area contributed by atoms with Crippen LogP contribution < -0.4 is 5.32 Å². The van der Waals surface area contributed by atoms with E-state index in [1.807, 2.05) is 0 Å². The third kappa shape index (κ3) is 4.12. The van der Waals surface area contributed by atoms with Crippen molar-refractivity contribution < 1.29 is 0 Å². The van der Waals surface area contributed by atoms with E-state index >= 15 is 0 Å². The van der Waals surface area contributed by atoms with Gasteiger partial charge in [0.25, 0.3) is 0 Å². The predicted molar refractivity (Wildman–Crippen MR) is 69.3 cm³/mol. The fourth-order valence-electron chi connectivity index (χ4n) is 2.27. The van der Waals surface area contributed by atoms with E-state index < -0.39 is 0 Å². The molecular weight excluding hydrogens is 184 g/mol. The third-order valence-electron chi connectivity index (χ3n) is 3.65. The Bertz CT molecular complexity index is 164. The van der Waals surface area contributed by atoms with Crippen molar-refractivity contribution in [3.05, 3.63) is 0 Å². The molecule has 0 spiro atoms. The largest absolute Gasteiger partial charge is 0.312 e. The molecule has 0 aromatic rings. The van der Waals surface area contributed by atoms with Crippen molar-refractivity contribution >= 4 is 0 Å². The van der Waals surface area contributed by atoms with Crippen LogP contribution in [0.15, 0.2) is 0 Å². The lowest BCUT2D eigenvalue weighted by Crippen LogP contribution is -2.57. The van der Waals surface area contributed by atoms with Crippen molar-refractivity contribution in [1.29, 1.82) is 0 Å². The normalized spacial score (nSPS) is 16.8. The van der Waals surface area contributed by atoms with Gasteiger partial charge in [0.15, 0.2) is 0 Å². The quantitative estimate of drug-likeness (QED) is 0.701. The van der Waals surface area contributed by atoms with Gasteiger partial charge in [-0.15, -0.1) is 0 Å². The first-order chi connectivity index (χ1) is 6.87. The van der Waals surface area contributed by atoms with Gasteiger partial charge < -0.3 is 10.2 Å². The number of rotatable bonds is 7. The highest BCUT2D eigenvalue weighted by molar-refractivity contribution is 4.93. The lowest BCUT2D eigenvalue weighted by atomic mass is 9.82. The van der Waals surface area contributed by atoms with Crippen molar-refractivity contribution in [1.82, 2.24) is 10.2 Å². The molecule has 0 bridgehead atoms. The van der Waals surface area contributed by atoms with E-state index in [0.29, 0.717) is 6.04 Å². The van der Waals surface area contributed by atoms with Crippen molar-refractivity contribution in [2.24, 2.45) is 5.92 Å². The van der Waals surface area contributed by atoms with E-state index in [0.717, 1.165) is 12.5 Å². The Labute approximate surface area is 96.4 Å². The fraction of sp³-hybridized carbons (Fsp3) is 1.00. The molecule has 0 aliphatic rings. The van der Waals surface area contributed by atoms with Gasteiger partial charge >= 0.3 is 0 Å². The smallest absolute Gasteiger partial charge is 0.0302 e. The van der Waals surface area contributed by atoms with Crippen LogP contribution in [-0.4, -0.2) is 37.1 Å². The minimum Gasteiger partial charge on any atom is -0.312 e. The Balaban J connectivity index is 4.63. The number of likely N-dealkylation sites (N-methyl/N-ethyl adjacent to an activating group) is 2. The summed E-state index contributed by atoms with van der Waals surface area (Å²) in [7, 11) is 4.34. The van der Waals surface area contributed by atoms with Gasteiger partial charge in [0.2, 0.25) is 0 Å². The second-order valence-electron chi connectivity index (χ2n) is 5.35. The SMILES string of the molecule is CCCC(C)C(NCC)C(C)(C)N(C)C. The summed E-state index contributed by atoms with van der Waals surface area (Å²) in [5.41, 5.74) is 0.213. The van der Waals surface area contributed by atoms with E-state index in [1.165, 1.54) is 12.8 Å². The summed E-state index contributed by atoms with van der Waals surface area (Å²) in [5.74, 6) is 0.729. The molecule has 2 heteroatoms. The maximum absolute atomic E-state index is 3.65. The summed E-state index contributed by atoms with van der Waals surface area (Å²) in [5, 5.41) is 3.65. The standard InChI is InChI=1S/C13H30N2/c1-8-10-11(3)12(14-9-2)13(4,5)15(6)7/h11-12,14H,8-10H2,1-7H3. The molecule has 2 atom stereocenters. The number of hydrogen-bond acceptors (Lipinski definition) is 2. The Hall–Kier alpha value is -0.0800. The van der Waals surface area contributed by atoms with Crippen LogP contribution in [0.5, 0.6) is 0 Å². The van der Waals surface area contributed by atoms with Gasteiger partial charge in [0.05, 0.1) is 0 Å². The molecule has 0 radical (unpaired) electrons. The first-order valence-electron chi connectivity index (χ1n) is 6.28. The second kappa shape index (κ2) is 6.49. The van der Waals surface area contributed by atoms with Crippen molar-refractivity contribution in [3.63, 3.8) is 0 Å². The Kier molecular flexibility index (Phi) is 6.46. The zero-order valence-corrected chi connectivity index (χ0v) is 11.7. The van der Waals surface area contributed by atoms with E-state index in [-0.39, 0.29) is 5.54 Å². The molecule has 0 saturated heterocycles. The zero-order valence-electron chi connectivity index (χ0n) is 11.7. The van der Waals surface area contributed by atoms with Gasteiger partial charge in [-0.2, -0.15) is 0 Å². The van der Waals surface area contributed by atoms with E-state index in [4.69, 9.17) is 0 Å². The van der Waals surface area contributed by atoms with Gasteiger partial charge in [-0.25, -0.2) is 0 Å². The average molecular weight is 214 g/mol. The van der Waals surface area contributed by atoms with Gasteiger partial charge in [-0.05, 0) is 46.8 Å². The summed E-state index contributed by atoms with van der Waals surface area (Å²) in [6.07, 6.45) is 2.57. The molecule has 0 rings (SSSR count). The lowest BCUT2D eigenvalue weighted by molar-refractivity contribution is 0.104. The summed E-state index contributed by atoms with van der Waals surface area (Å²) in [4.78, 5) is 2.33. The molecule has 0 aromatic heterocycles. The molecule has 0 heterocycles. The Morgan fingerprint density at radius 3 is 2.07 bits per heavy atom. The molecule has 0 amide bonds. The van der Waals surface area contributed by atoms with E-state index in [9.17, 15) is 0 Å². The van der Waals surface area contributed by atoms with Gasteiger partial charge in [-0.1, -0.05) is 27.2 Å². The van der Waals surface area contributed by atoms with Crippen LogP contribution in [0.3, 0.4) is 0 Å². The van der Waals surface area contributed by atoms with E-state index in [2.05, 4.69) is 58.9 Å². The maximum atomic E-state index is 3.65. The highest BCUT2D eigenvalue weighted by Crippen LogP contribution is 2.24. The molecule has 0 fully saturated rings. The monoisotopic (exact) mass is 214 g/mol. The summed E-state index contributed by atoms with van der Waals surface area (Å²) in [6.45, 7) is 12.5. The van der Waals surface area contributed by atoms with Crippen LogP contribution in [-0.2, 0) is 0 Å². The van der Waals surface area contributed by atoms with Crippen LogP contribution >= 0.6 is 0 Å². The average Bonchev–Trinajstić information content (AvgIpc) is 2.13. The topological polar surface area (TPSA) is 15.3 Å². The molecule has 0 saturated carbocycles. The molecule has 15 heavy (non-hydrogen) atoms. The van der Waals surface area contributed by atoms with Gasteiger partial charge in [-0.3, -0.25) is 0 Å². The Morgan fingerprint density at radius 2 is 1.73 bits per heavy atom. The maximum Gasteiger partial charge on any atom is 0.0302 e.